The highest BCUT2D eigenvalue weighted by molar-refractivity contribution is 5.96. The zero-order valence-corrected chi connectivity index (χ0v) is 15.7. The predicted octanol–water partition coefficient (Wildman–Crippen LogP) is 2.21. The molecule has 1 aliphatic carbocycles. The number of esters is 1. The smallest absolute Gasteiger partial charge is 0.325 e. The lowest BCUT2D eigenvalue weighted by molar-refractivity contribution is -0.147. The summed E-state index contributed by atoms with van der Waals surface area (Å²) in [5.41, 5.74) is 1.52. The molecule has 0 spiro atoms. The van der Waals surface area contributed by atoms with Gasteiger partial charge in [-0.3, -0.25) is 14.4 Å². The fraction of sp³-hybridized carbons (Fsp3) is 0.550. The van der Waals surface area contributed by atoms with Crippen molar-refractivity contribution >= 4 is 17.8 Å². The van der Waals surface area contributed by atoms with E-state index in [4.69, 9.17) is 4.74 Å². The van der Waals surface area contributed by atoms with Crippen molar-refractivity contribution in [3.8, 4) is 0 Å². The van der Waals surface area contributed by atoms with Gasteiger partial charge in [0.15, 0.2) is 6.61 Å². The van der Waals surface area contributed by atoms with Crippen molar-refractivity contribution in [3.63, 3.8) is 0 Å². The Kier molecular flexibility index (Phi) is 7.18. The fourth-order valence-corrected chi connectivity index (χ4v) is 3.19. The summed E-state index contributed by atoms with van der Waals surface area (Å²) in [5.74, 6) is -0.290. The largest absolute Gasteiger partial charge is 0.454 e. The summed E-state index contributed by atoms with van der Waals surface area (Å²) < 4.78 is 4.95. The zero-order chi connectivity index (χ0) is 19.1. The van der Waals surface area contributed by atoms with Crippen LogP contribution in [0, 0.1) is 18.8 Å². The molecular weight excluding hydrogens is 332 g/mol. The molecule has 1 aliphatic rings. The van der Waals surface area contributed by atoms with Crippen LogP contribution in [0.5, 0.6) is 0 Å². The molecule has 0 aliphatic heterocycles. The molecule has 2 rings (SSSR count). The van der Waals surface area contributed by atoms with Gasteiger partial charge in [-0.05, 0) is 37.3 Å². The number of nitrogens with one attached hydrogen (secondary N) is 2. The lowest BCUT2D eigenvalue weighted by Crippen LogP contribution is -2.45. The van der Waals surface area contributed by atoms with E-state index in [1.807, 2.05) is 19.1 Å². The van der Waals surface area contributed by atoms with E-state index in [1.54, 1.807) is 12.1 Å². The molecule has 6 heteroatoms. The summed E-state index contributed by atoms with van der Waals surface area (Å²) in [5, 5.41) is 5.44. The third kappa shape index (κ3) is 5.86. The maximum atomic E-state index is 12.0. The molecule has 0 radical (unpaired) electrons. The van der Waals surface area contributed by atoms with Crippen molar-refractivity contribution in [2.24, 2.45) is 11.8 Å². The number of benzene rings is 1. The van der Waals surface area contributed by atoms with Crippen molar-refractivity contribution in [1.82, 2.24) is 10.6 Å². The summed E-state index contributed by atoms with van der Waals surface area (Å²) in [6.07, 6.45) is 3.24. The minimum absolute atomic E-state index is 0.131. The van der Waals surface area contributed by atoms with Crippen LogP contribution in [0.25, 0.3) is 0 Å². The van der Waals surface area contributed by atoms with Gasteiger partial charge in [0.05, 0.1) is 0 Å². The molecule has 1 saturated carbocycles. The summed E-state index contributed by atoms with van der Waals surface area (Å²) in [4.78, 5) is 35.6. The molecule has 0 saturated heterocycles. The highest BCUT2D eigenvalue weighted by atomic mass is 16.5. The highest BCUT2D eigenvalue weighted by Crippen LogP contribution is 2.29. The van der Waals surface area contributed by atoms with Gasteiger partial charge >= 0.3 is 5.97 Å². The van der Waals surface area contributed by atoms with Crippen LogP contribution in [0.4, 0.5) is 0 Å². The zero-order valence-electron chi connectivity index (χ0n) is 15.7. The third-order valence-electron chi connectivity index (χ3n) is 5.12. The summed E-state index contributed by atoms with van der Waals surface area (Å²) in [6, 6.07) is 7.16. The Hall–Kier alpha value is -2.37. The van der Waals surface area contributed by atoms with Crippen LogP contribution in [0.3, 0.4) is 0 Å². The fourth-order valence-electron chi connectivity index (χ4n) is 3.19. The molecule has 0 unspecified atom stereocenters. The van der Waals surface area contributed by atoms with Gasteiger partial charge in [-0.25, -0.2) is 0 Å². The number of carbonyl (C=O) groups is 3. The van der Waals surface area contributed by atoms with Crippen molar-refractivity contribution in [3.05, 3.63) is 35.4 Å². The van der Waals surface area contributed by atoms with Gasteiger partial charge in [-0.1, -0.05) is 44.4 Å². The Balaban J connectivity index is 1.68. The number of carbonyl (C=O) groups excluding carboxylic acids is 3. The van der Waals surface area contributed by atoms with E-state index in [1.165, 1.54) is 6.42 Å². The average molecular weight is 360 g/mol. The summed E-state index contributed by atoms with van der Waals surface area (Å²) in [6.45, 7) is 5.67. The molecule has 1 aromatic rings. The van der Waals surface area contributed by atoms with Crippen LogP contribution < -0.4 is 10.6 Å². The lowest BCUT2D eigenvalue weighted by Gasteiger charge is -2.34. The maximum absolute atomic E-state index is 12.0. The second-order valence-electron chi connectivity index (χ2n) is 7.15. The number of rotatable bonds is 6. The first kappa shape index (κ1) is 19.9. The summed E-state index contributed by atoms with van der Waals surface area (Å²) in [7, 11) is 0. The number of amides is 2. The van der Waals surface area contributed by atoms with E-state index in [-0.39, 0.29) is 31.0 Å². The van der Waals surface area contributed by atoms with Gasteiger partial charge in [0.1, 0.15) is 6.54 Å². The van der Waals surface area contributed by atoms with E-state index in [2.05, 4.69) is 24.5 Å². The third-order valence-corrected chi connectivity index (χ3v) is 5.12. The molecule has 0 aromatic heterocycles. The van der Waals surface area contributed by atoms with Gasteiger partial charge in [0.2, 0.25) is 0 Å². The Morgan fingerprint density at radius 2 is 1.81 bits per heavy atom. The van der Waals surface area contributed by atoms with Crippen molar-refractivity contribution in [2.75, 3.05) is 13.2 Å². The number of hydrogen-bond acceptors (Lipinski definition) is 4. The van der Waals surface area contributed by atoms with Crippen molar-refractivity contribution in [1.29, 1.82) is 0 Å². The lowest BCUT2D eigenvalue weighted by atomic mass is 9.78. The normalized spacial score (nSPS) is 22.3. The standard InChI is InChI=1S/C20H28N2O4/c1-13-7-9-16(10-8-13)20(25)21-11-19(24)26-12-18(23)22-17-6-4-5-14(2)15(17)3/h7-10,14-15,17H,4-6,11-12H2,1-3H3,(H,21,25)(H,22,23)/t14-,15+,17-/m1/s1. The van der Waals surface area contributed by atoms with Crippen LogP contribution in [-0.4, -0.2) is 37.0 Å². The molecule has 142 valence electrons. The SMILES string of the molecule is Cc1ccc(C(=O)NCC(=O)OCC(=O)N[C@@H]2CCC[C@@H](C)[C@@H]2C)cc1. The number of aryl methyl sites for hydroxylation is 1. The molecule has 2 N–H and O–H groups in total. The number of ether oxygens (including phenoxy) is 1. The van der Waals surface area contributed by atoms with Crippen LogP contribution in [0.15, 0.2) is 24.3 Å². The second kappa shape index (κ2) is 9.36. The van der Waals surface area contributed by atoms with E-state index in [0.29, 0.717) is 17.4 Å². The van der Waals surface area contributed by atoms with E-state index in [0.717, 1.165) is 18.4 Å². The molecule has 2 amide bonds. The van der Waals surface area contributed by atoms with E-state index < -0.39 is 5.97 Å². The van der Waals surface area contributed by atoms with E-state index >= 15 is 0 Å². The first-order valence-corrected chi connectivity index (χ1v) is 9.16. The van der Waals surface area contributed by atoms with E-state index in [9.17, 15) is 14.4 Å². The minimum Gasteiger partial charge on any atom is -0.454 e. The van der Waals surface area contributed by atoms with Crippen LogP contribution >= 0.6 is 0 Å². The molecule has 1 aromatic carbocycles. The molecule has 1 fully saturated rings. The van der Waals surface area contributed by atoms with Crippen LogP contribution in [-0.2, 0) is 14.3 Å². The molecule has 0 heterocycles. The summed E-state index contributed by atoms with van der Waals surface area (Å²) >= 11 is 0. The van der Waals surface area contributed by atoms with Crippen LogP contribution in [0.2, 0.25) is 0 Å². The Bertz CT molecular complexity index is 642. The molecule has 26 heavy (non-hydrogen) atoms. The Morgan fingerprint density at radius 1 is 1.12 bits per heavy atom. The highest BCUT2D eigenvalue weighted by Gasteiger charge is 2.28. The van der Waals surface area contributed by atoms with Gasteiger partial charge in [0, 0.05) is 11.6 Å². The first-order chi connectivity index (χ1) is 12.4. The van der Waals surface area contributed by atoms with Gasteiger partial charge in [0.25, 0.3) is 11.8 Å². The van der Waals surface area contributed by atoms with Gasteiger partial charge < -0.3 is 15.4 Å². The Morgan fingerprint density at radius 3 is 2.50 bits per heavy atom. The predicted molar refractivity (Wildman–Crippen MR) is 98.6 cm³/mol. The molecule has 0 bridgehead atoms. The first-order valence-electron chi connectivity index (χ1n) is 9.16. The van der Waals surface area contributed by atoms with Gasteiger partial charge in [-0.15, -0.1) is 0 Å². The van der Waals surface area contributed by atoms with Crippen molar-refractivity contribution in [2.45, 2.75) is 46.1 Å². The minimum atomic E-state index is -0.634. The topological polar surface area (TPSA) is 84.5 Å². The van der Waals surface area contributed by atoms with Gasteiger partial charge in [-0.2, -0.15) is 0 Å². The Labute approximate surface area is 154 Å². The monoisotopic (exact) mass is 360 g/mol. The molecular formula is C20H28N2O4. The average Bonchev–Trinajstić information content (AvgIpc) is 2.62. The van der Waals surface area contributed by atoms with Crippen molar-refractivity contribution < 1.29 is 19.1 Å². The second-order valence-corrected chi connectivity index (χ2v) is 7.15. The molecule has 3 atom stereocenters. The van der Waals surface area contributed by atoms with Crippen LogP contribution in [0.1, 0.15) is 49.0 Å². The molecule has 6 nitrogen and oxygen atoms in total. The maximum Gasteiger partial charge on any atom is 0.325 e. The number of hydrogen-bond donors (Lipinski definition) is 2. The quantitative estimate of drug-likeness (QED) is 0.762.